The molecular formula is C24H17N3O2. The fourth-order valence-corrected chi connectivity index (χ4v) is 3.54. The van der Waals surface area contributed by atoms with Crippen molar-refractivity contribution in [3.05, 3.63) is 102 Å². The minimum Gasteiger partial charge on any atom is -0.425 e. The predicted molar refractivity (Wildman–Crippen MR) is 116 cm³/mol. The first-order valence-corrected chi connectivity index (χ1v) is 9.24. The van der Waals surface area contributed by atoms with Gasteiger partial charge >= 0.3 is 0 Å². The van der Waals surface area contributed by atoms with Crippen LogP contribution in [0, 0.1) is 0 Å². The van der Waals surface area contributed by atoms with E-state index in [9.17, 15) is 10.0 Å². The molecule has 0 amide bonds. The van der Waals surface area contributed by atoms with E-state index in [2.05, 4.69) is 40.6 Å². The van der Waals surface area contributed by atoms with E-state index in [1.807, 2.05) is 36.4 Å². The Kier molecular flexibility index (Phi) is 3.99. The molecule has 0 atom stereocenters. The average molecular weight is 379 g/mol. The minimum absolute atomic E-state index is 0.357. The third-order valence-corrected chi connectivity index (χ3v) is 5.04. The summed E-state index contributed by atoms with van der Waals surface area (Å²) < 4.78 is 0.607. The van der Waals surface area contributed by atoms with E-state index in [0.717, 1.165) is 16.8 Å². The van der Waals surface area contributed by atoms with Crippen molar-refractivity contribution >= 4 is 33.1 Å². The minimum atomic E-state index is -0.513. The number of rotatable bonds is 3. The standard InChI is InChI=1S/C24H17N3O2/c28-24-14-22(21-11-12-25-15-23(21)27(24)29)26-20-9-7-17(8-10-20)19-6-5-16-3-1-2-4-18(16)13-19/h1-15,26,29H. The molecule has 0 saturated carbocycles. The van der Waals surface area contributed by atoms with Gasteiger partial charge in [-0.15, -0.1) is 4.73 Å². The van der Waals surface area contributed by atoms with Crippen LogP contribution in [0.15, 0.2) is 96.1 Å². The SMILES string of the molecule is O=c1cc(Nc2ccc(-c3ccc4ccccc4c3)cc2)c2ccncc2n1O. The summed E-state index contributed by atoms with van der Waals surface area (Å²) in [6.45, 7) is 0. The predicted octanol–water partition coefficient (Wildman–Crippen LogP) is 5.20. The summed E-state index contributed by atoms with van der Waals surface area (Å²) in [5.41, 5.74) is 3.57. The van der Waals surface area contributed by atoms with Crippen molar-refractivity contribution in [3.63, 3.8) is 0 Å². The van der Waals surface area contributed by atoms with Gasteiger partial charge in [-0.05, 0) is 46.2 Å². The van der Waals surface area contributed by atoms with E-state index in [1.165, 1.54) is 23.0 Å². The molecule has 5 aromatic rings. The Morgan fingerprint density at radius 1 is 0.828 bits per heavy atom. The normalized spacial score (nSPS) is 11.0. The van der Waals surface area contributed by atoms with Gasteiger partial charge in [0.25, 0.3) is 5.56 Å². The van der Waals surface area contributed by atoms with Gasteiger partial charge in [0.2, 0.25) is 0 Å². The van der Waals surface area contributed by atoms with E-state index in [4.69, 9.17) is 0 Å². The summed E-state index contributed by atoms with van der Waals surface area (Å²) >= 11 is 0. The molecule has 5 rings (SSSR count). The number of hydrogen-bond donors (Lipinski definition) is 2. The lowest BCUT2D eigenvalue weighted by molar-refractivity contribution is 0.188. The quantitative estimate of drug-likeness (QED) is 0.423. The molecule has 0 saturated heterocycles. The van der Waals surface area contributed by atoms with Crippen LogP contribution in [0.3, 0.4) is 0 Å². The van der Waals surface area contributed by atoms with Crippen LogP contribution < -0.4 is 10.9 Å². The molecule has 0 aliphatic rings. The lowest BCUT2D eigenvalue weighted by atomic mass is 10.0. The van der Waals surface area contributed by atoms with Gasteiger partial charge in [-0.25, -0.2) is 0 Å². The zero-order valence-corrected chi connectivity index (χ0v) is 15.4. The number of fused-ring (bicyclic) bond motifs is 2. The van der Waals surface area contributed by atoms with Gasteiger partial charge in [0, 0.05) is 23.3 Å². The summed E-state index contributed by atoms with van der Waals surface area (Å²) in [6.07, 6.45) is 3.09. The lowest BCUT2D eigenvalue weighted by Crippen LogP contribution is -2.17. The van der Waals surface area contributed by atoms with Crippen LogP contribution in [0.5, 0.6) is 0 Å². The molecule has 2 N–H and O–H groups in total. The second kappa shape index (κ2) is 6.80. The highest BCUT2D eigenvalue weighted by molar-refractivity contribution is 5.92. The number of benzene rings is 3. The highest BCUT2D eigenvalue weighted by Crippen LogP contribution is 2.28. The third kappa shape index (κ3) is 3.08. The van der Waals surface area contributed by atoms with Crippen molar-refractivity contribution < 1.29 is 5.21 Å². The highest BCUT2D eigenvalue weighted by Gasteiger charge is 2.09. The maximum atomic E-state index is 12.0. The fraction of sp³-hybridized carbons (Fsp3) is 0. The molecule has 0 bridgehead atoms. The Labute approximate surface area is 166 Å². The number of hydrogen-bond acceptors (Lipinski definition) is 4. The number of nitrogens with zero attached hydrogens (tertiary/aromatic N) is 2. The highest BCUT2D eigenvalue weighted by atomic mass is 16.5. The topological polar surface area (TPSA) is 67.2 Å². The molecule has 3 aromatic carbocycles. The summed E-state index contributed by atoms with van der Waals surface area (Å²) in [4.78, 5) is 16.0. The first-order chi connectivity index (χ1) is 14.2. The van der Waals surface area contributed by atoms with Gasteiger partial charge in [-0.1, -0.05) is 48.5 Å². The summed E-state index contributed by atoms with van der Waals surface area (Å²) in [5.74, 6) is 0. The summed E-state index contributed by atoms with van der Waals surface area (Å²) in [6, 6.07) is 25.9. The molecule has 140 valence electrons. The van der Waals surface area contributed by atoms with Gasteiger partial charge in [-0.3, -0.25) is 9.78 Å². The first kappa shape index (κ1) is 17.0. The third-order valence-electron chi connectivity index (χ3n) is 5.04. The molecule has 5 heteroatoms. The first-order valence-electron chi connectivity index (χ1n) is 9.24. The van der Waals surface area contributed by atoms with Crippen LogP contribution in [0.2, 0.25) is 0 Å². The molecule has 5 nitrogen and oxygen atoms in total. The molecule has 2 heterocycles. The maximum absolute atomic E-state index is 12.0. The monoisotopic (exact) mass is 379 g/mol. The van der Waals surface area contributed by atoms with Crippen molar-refractivity contribution in [2.45, 2.75) is 0 Å². The van der Waals surface area contributed by atoms with E-state index in [1.54, 1.807) is 12.3 Å². The Bertz CT molecular complexity index is 1410. The molecule has 2 aromatic heterocycles. The largest absolute Gasteiger partial charge is 0.425 e. The number of pyridine rings is 2. The van der Waals surface area contributed by atoms with E-state index < -0.39 is 5.56 Å². The molecule has 0 aliphatic heterocycles. The maximum Gasteiger partial charge on any atom is 0.285 e. The Balaban J connectivity index is 1.49. The van der Waals surface area contributed by atoms with Crippen LogP contribution in [0.4, 0.5) is 11.4 Å². The molecule has 29 heavy (non-hydrogen) atoms. The van der Waals surface area contributed by atoms with Crippen LogP contribution in [-0.2, 0) is 0 Å². The van der Waals surface area contributed by atoms with E-state index >= 15 is 0 Å². The van der Waals surface area contributed by atoms with Crippen molar-refractivity contribution in [2.24, 2.45) is 0 Å². The summed E-state index contributed by atoms with van der Waals surface area (Å²) in [5, 5.41) is 16.3. The van der Waals surface area contributed by atoms with Gasteiger partial charge in [0.05, 0.1) is 11.9 Å². The van der Waals surface area contributed by atoms with E-state index in [-0.39, 0.29) is 0 Å². The van der Waals surface area contributed by atoms with Crippen LogP contribution in [-0.4, -0.2) is 14.9 Å². The summed E-state index contributed by atoms with van der Waals surface area (Å²) in [7, 11) is 0. The van der Waals surface area contributed by atoms with Crippen molar-refractivity contribution in [3.8, 4) is 11.1 Å². The number of anilines is 2. The lowest BCUT2D eigenvalue weighted by Gasteiger charge is -2.12. The molecule has 0 unspecified atom stereocenters. The second-order valence-electron chi connectivity index (χ2n) is 6.87. The smallest absolute Gasteiger partial charge is 0.285 e. The molecular weight excluding hydrogens is 362 g/mol. The van der Waals surface area contributed by atoms with Crippen molar-refractivity contribution in [1.29, 1.82) is 0 Å². The van der Waals surface area contributed by atoms with Gasteiger partial charge in [0.15, 0.2) is 0 Å². The van der Waals surface area contributed by atoms with Crippen LogP contribution in [0.1, 0.15) is 0 Å². The zero-order valence-electron chi connectivity index (χ0n) is 15.4. The van der Waals surface area contributed by atoms with Crippen LogP contribution >= 0.6 is 0 Å². The number of nitrogens with one attached hydrogen (secondary N) is 1. The fourth-order valence-electron chi connectivity index (χ4n) is 3.54. The number of aromatic nitrogens is 2. The zero-order chi connectivity index (χ0) is 19.8. The Hall–Kier alpha value is -4.12. The van der Waals surface area contributed by atoms with Crippen LogP contribution in [0.25, 0.3) is 32.8 Å². The van der Waals surface area contributed by atoms with E-state index in [0.29, 0.717) is 21.3 Å². The Morgan fingerprint density at radius 3 is 2.41 bits per heavy atom. The van der Waals surface area contributed by atoms with Gasteiger partial charge < -0.3 is 10.5 Å². The molecule has 0 aliphatic carbocycles. The van der Waals surface area contributed by atoms with Gasteiger partial charge in [0.1, 0.15) is 5.52 Å². The van der Waals surface area contributed by atoms with Crippen molar-refractivity contribution in [1.82, 2.24) is 9.71 Å². The van der Waals surface area contributed by atoms with Crippen molar-refractivity contribution in [2.75, 3.05) is 5.32 Å². The molecule has 0 radical (unpaired) electrons. The molecule has 0 spiro atoms. The Morgan fingerprint density at radius 2 is 1.59 bits per heavy atom. The average Bonchev–Trinajstić information content (AvgIpc) is 2.77. The second-order valence-corrected chi connectivity index (χ2v) is 6.87. The van der Waals surface area contributed by atoms with Gasteiger partial charge in [-0.2, -0.15) is 0 Å². The molecule has 0 fully saturated rings.